The smallest absolute Gasteiger partial charge is 0.0414 e. The molecule has 1 heteroatoms. The van der Waals surface area contributed by atoms with E-state index in [1.165, 1.54) is 17.5 Å². The molecule has 0 amide bonds. The largest absolute Gasteiger partial charge is 0.321 e. The van der Waals surface area contributed by atoms with E-state index in [0.29, 0.717) is 5.41 Å². The molecule has 1 aromatic rings. The molecule has 0 bridgehead atoms. The third-order valence-electron chi connectivity index (χ3n) is 3.98. The molecule has 0 heterocycles. The fraction of sp³-hybridized carbons (Fsp3) is 0.600. The Balaban J connectivity index is 2.23. The molecule has 1 unspecified atom stereocenters. The lowest BCUT2D eigenvalue weighted by molar-refractivity contribution is 0.339. The second-order valence-corrected chi connectivity index (χ2v) is 6.05. The van der Waals surface area contributed by atoms with Gasteiger partial charge in [0.25, 0.3) is 0 Å². The molecule has 0 saturated heterocycles. The standard InChI is InChI=1S/C15H23N/c1-4-12-5-7-13(8-6-12)15(16)10-9-14(2,3)11-15/h5-8H,4,9-11,16H2,1-3H3. The highest BCUT2D eigenvalue weighted by Gasteiger charge is 2.41. The highest BCUT2D eigenvalue weighted by molar-refractivity contribution is 5.29. The van der Waals surface area contributed by atoms with Crippen molar-refractivity contribution in [2.45, 2.75) is 52.0 Å². The number of hydrogen-bond acceptors (Lipinski definition) is 1. The van der Waals surface area contributed by atoms with Crippen molar-refractivity contribution < 1.29 is 0 Å². The fourth-order valence-electron chi connectivity index (χ4n) is 2.91. The molecule has 2 N–H and O–H groups in total. The third kappa shape index (κ3) is 2.15. The Morgan fingerprint density at radius 1 is 1.12 bits per heavy atom. The summed E-state index contributed by atoms with van der Waals surface area (Å²) in [5.74, 6) is 0. The van der Waals surface area contributed by atoms with Gasteiger partial charge in [0.1, 0.15) is 0 Å². The molecule has 0 aromatic heterocycles. The van der Waals surface area contributed by atoms with Crippen molar-refractivity contribution in [1.82, 2.24) is 0 Å². The van der Waals surface area contributed by atoms with Gasteiger partial charge in [-0.15, -0.1) is 0 Å². The van der Waals surface area contributed by atoms with E-state index in [2.05, 4.69) is 45.0 Å². The van der Waals surface area contributed by atoms with Crippen LogP contribution in [0.15, 0.2) is 24.3 Å². The molecule has 0 aliphatic heterocycles. The van der Waals surface area contributed by atoms with E-state index in [1.54, 1.807) is 0 Å². The Bertz CT molecular complexity index is 364. The second kappa shape index (κ2) is 3.89. The number of benzene rings is 1. The lowest BCUT2D eigenvalue weighted by atomic mass is 9.84. The topological polar surface area (TPSA) is 26.0 Å². The van der Waals surface area contributed by atoms with Crippen molar-refractivity contribution in [3.8, 4) is 0 Å². The van der Waals surface area contributed by atoms with Crippen molar-refractivity contribution in [1.29, 1.82) is 0 Å². The molecular formula is C15H23N. The lowest BCUT2D eigenvalue weighted by Crippen LogP contribution is -2.34. The zero-order valence-electron chi connectivity index (χ0n) is 10.7. The van der Waals surface area contributed by atoms with Crippen LogP contribution in [0.2, 0.25) is 0 Å². The van der Waals surface area contributed by atoms with Crippen LogP contribution in [0.5, 0.6) is 0 Å². The predicted octanol–water partition coefficient (Wildman–Crippen LogP) is 3.61. The lowest BCUT2D eigenvalue weighted by Gasteiger charge is -2.27. The molecule has 1 saturated carbocycles. The van der Waals surface area contributed by atoms with E-state index in [9.17, 15) is 0 Å². The van der Waals surface area contributed by atoms with Gasteiger partial charge in [0.2, 0.25) is 0 Å². The van der Waals surface area contributed by atoms with Gasteiger partial charge in [-0.25, -0.2) is 0 Å². The molecule has 0 radical (unpaired) electrons. The molecule has 2 rings (SSSR count). The van der Waals surface area contributed by atoms with E-state index in [4.69, 9.17) is 5.73 Å². The first-order valence-electron chi connectivity index (χ1n) is 6.33. The molecule has 1 fully saturated rings. The monoisotopic (exact) mass is 217 g/mol. The number of rotatable bonds is 2. The van der Waals surface area contributed by atoms with Crippen LogP contribution < -0.4 is 5.73 Å². The quantitative estimate of drug-likeness (QED) is 0.804. The number of hydrogen-bond donors (Lipinski definition) is 1. The van der Waals surface area contributed by atoms with Crippen LogP contribution in [0.25, 0.3) is 0 Å². The van der Waals surface area contributed by atoms with Gasteiger partial charge in [0.15, 0.2) is 0 Å². The van der Waals surface area contributed by atoms with E-state index in [1.807, 2.05) is 0 Å². The minimum absolute atomic E-state index is 0.0875. The third-order valence-corrected chi connectivity index (χ3v) is 3.98. The highest BCUT2D eigenvalue weighted by atomic mass is 14.8. The summed E-state index contributed by atoms with van der Waals surface area (Å²) in [6, 6.07) is 8.88. The molecule has 0 spiro atoms. The van der Waals surface area contributed by atoms with Gasteiger partial charge in [-0.05, 0) is 42.2 Å². The Kier molecular flexibility index (Phi) is 2.83. The molecule has 16 heavy (non-hydrogen) atoms. The molecule has 88 valence electrons. The van der Waals surface area contributed by atoms with Gasteiger partial charge < -0.3 is 5.73 Å². The summed E-state index contributed by atoms with van der Waals surface area (Å²) in [6.07, 6.45) is 4.55. The van der Waals surface area contributed by atoms with Gasteiger partial charge in [0.05, 0.1) is 0 Å². The predicted molar refractivity (Wildman–Crippen MR) is 69.3 cm³/mol. The van der Waals surface area contributed by atoms with E-state index < -0.39 is 0 Å². The van der Waals surface area contributed by atoms with Gasteiger partial charge in [-0.2, -0.15) is 0 Å². The SMILES string of the molecule is CCc1ccc(C2(N)CCC(C)(C)C2)cc1. The molecule has 1 aliphatic rings. The van der Waals surface area contributed by atoms with Gasteiger partial charge in [0, 0.05) is 5.54 Å². The maximum Gasteiger partial charge on any atom is 0.0414 e. The Morgan fingerprint density at radius 3 is 2.19 bits per heavy atom. The van der Waals surface area contributed by atoms with Crippen LogP contribution in [-0.4, -0.2) is 0 Å². The van der Waals surface area contributed by atoms with Crippen molar-refractivity contribution in [3.05, 3.63) is 35.4 Å². The van der Waals surface area contributed by atoms with Crippen LogP contribution in [0.1, 0.15) is 51.2 Å². The van der Waals surface area contributed by atoms with Gasteiger partial charge in [-0.1, -0.05) is 45.0 Å². The first-order chi connectivity index (χ1) is 7.45. The average Bonchev–Trinajstić information content (AvgIpc) is 2.54. The second-order valence-electron chi connectivity index (χ2n) is 6.05. The van der Waals surface area contributed by atoms with Crippen LogP contribution >= 0.6 is 0 Å². The van der Waals surface area contributed by atoms with E-state index >= 15 is 0 Å². The summed E-state index contributed by atoms with van der Waals surface area (Å²) in [5, 5.41) is 0. The van der Waals surface area contributed by atoms with Crippen molar-refractivity contribution in [3.63, 3.8) is 0 Å². The van der Waals surface area contributed by atoms with E-state index in [0.717, 1.165) is 19.3 Å². The van der Waals surface area contributed by atoms with Crippen LogP contribution in [0.3, 0.4) is 0 Å². The summed E-state index contributed by atoms with van der Waals surface area (Å²) in [5.41, 5.74) is 9.57. The zero-order valence-corrected chi connectivity index (χ0v) is 10.7. The first-order valence-corrected chi connectivity index (χ1v) is 6.33. The maximum absolute atomic E-state index is 6.55. The Labute approximate surface area is 99.0 Å². The normalized spacial score (nSPS) is 28.2. The summed E-state index contributed by atoms with van der Waals surface area (Å²) in [4.78, 5) is 0. The Morgan fingerprint density at radius 2 is 1.75 bits per heavy atom. The maximum atomic E-state index is 6.55. The van der Waals surface area contributed by atoms with Crippen LogP contribution in [-0.2, 0) is 12.0 Å². The summed E-state index contributed by atoms with van der Waals surface area (Å²) < 4.78 is 0. The number of aryl methyl sites for hydroxylation is 1. The average molecular weight is 217 g/mol. The zero-order chi connectivity index (χ0) is 11.8. The van der Waals surface area contributed by atoms with Gasteiger partial charge in [-0.3, -0.25) is 0 Å². The van der Waals surface area contributed by atoms with Gasteiger partial charge >= 0.3 is 0 Å². The summed E-state index contributed by atoms with van der Waals surface area (Å²) in [6.45, 7) is 6.83. The molecule has 1 aliphatic carbocycles. The van der Waals surface area contributed by atoms with Crippen molar-refractivity contribution >= 4 is 0 Å². The number of nitrogens with two attached hydrogens (primary N) is 1. The minimum atomic E-state index is -0.0875. The molecular weight excluding hydrogens is 194 g/mol. The van der Waals surface area contributed by atoms with Crippen LogP contribution in [0.4, 0.5) is 0 Å². The van der Waals surface area contributed by atoms with Crippen molar-refractivity contribution in [2.75, 3.05) is 0 Å². The first kappa shape index (κ1) is 11.7. The Hall–Kier alpha value is -0.820. The minimum Gasteiger partial charge on any atom is -0.321 e. The van der Waals surface area contributed by atoms with E-state index in [-0.39, 0.29) is 5.54 Å². The molecule has 1 nitrogen and oxygen atoms in total. The van der Waals surface area contributed by atoms with Crippen LogP contribution in [0, 0.1) is 5.41 Å². The fourth-order valence-corrected chi connectivity index (χ4v) is 2.91. The summed E-state index contributed by atoms with van der Waals surface area (Å²) in [7, 11) is 0. The summed E-state index contributed by atoms with van der Waals surface area (Å²) >= 11 is 0. The molecule has 1 aromatic carbocycles. The highest BCUT2D eigenvalue weighted by Crippen LogP contribution is 2.47. The van der Waals surface area contributed by atoms with Crippen molar-refractivity contribution in [2.24, 2.45) is 11.1 Å². The molecule has 1 atom stereocenters.